The largest absolute Gasteiger partial charge is 0.465 e. The molecule has 1 aliphatic heterocycles. The van der Waals surface area contributed by atoms with Gasteiger partial charge in [0.2, 0.25) is 11.9 Å². The summed E-state index contributed by atoms with van der Waals surface area (Å²) in [6, 6.07) is 17.0. The predicted octanol–water partition coefficient (Wildman–Crippen LogP) is 3.95. The van der Waals surface area contributed by atoms with Gasteiger partial charge in [-0.15, -0.1) is 0 Å². The summed E-state index contributed by atoms with van der Waals surface area (Å²) < 4.78 is 7.37. The summed E-state index contributed by atoms with van der Waals surface area (Å²) in [7, 11) is 0. The Morgan fingerprint density at radius 1 is 1.07 bits per heavy atom. The van der Waals surface area contributed by atoms with Gasteiger partial charge in [-0.2, -0.15) is 0 Å². The lowest BCUT2D eigenvalue weighted by Crippen LogP contribution is -2.50. The Balaban J connectivity index is 1.97. The summed E-state index contributed by atoms with van der Waals surface area (Å²) in [6.07, 6.45) is 1.77. The first-order chi connectivity index (χ1) is 14.2. The number of benzene rings is 2. The molecule has 0 aliphatic carbocycles. The van der Waals surface area contributed by atoms with Gasteiger partial charge in [-0.3, -0.25) is 14.5 Å². The van der Waals surface area contributed by atoms with Crippen molar-refractivity contribution < 1.29 is 14.3 Å². The van der Waals surface area contributed by atoms with Crippen molar-refractivity contribution in [3.63, 3.8) is 0 Å². The van der Waals surface area contributed by atoms with E-state index >= 15 is 0 Å². The van der Waals surface area contributed by atoms with Crippen LogP contribution in [0.15, 0.2) is 54.6 Å². The number of hydrogen-bond acceptors (Lipinski definition) is 4. The number of amides is 1. The fourth-order valence-electron chi connectivity index (χ4n) is 4.03. The van der Waals surface area contributed by atoms with Crippen molar-refractivity contribution in [3.8, 4) is 0 Å². The van der Waals surface area contributed by atoms with Gasteiger partial charge in [0, 0.05) is 6.54 Å². The molecular weight excluding hydrogens is 366 g/mol. The van der Waals surface area contributed by atoms with Crippen LogP contribution in [0.4, 0.5) is 5.95 Å². The van der Waals surface area contributed by atoms with Crippen molar-refractivity contribution in [2.45, 2.75) is 32.7 Å². The summed E-state index contributed by atoms with van der Waals surface area (Å²) in [6.45, 7) is 4.59. The van der Waals surface area contributed by atoms with Crippen LogP contribution >= 0.6 is 0 Å². The van der Waals surface area contributed by atoms with E-state index in [1.165, 1.54) is 0 Å². The highest BCUT2D eigenvalue weighted by Gasteiger charge is 2.47. The zero-order valence-corrected chi connectivity index (χ0v) is 16.7. The molecule has 3 aromatic rings. The second-order valence-corrected chi connectivity index (χ2v) is 7.20. The number of unbranched alkanes of at least 4 members (excludes halogenated alkanes) is 1. The number of aromatic nitrogens is 2. The van der Waals surface area contributed by atoms with Crippen molar-refractivity contribution in [1.82, 2.24) is 9.55 Å². The highest BCUT2D eigenvalue weighted by Crippen LogP contribution is 2.41. The number of hydrogen-bond donors (Lipinski definition) is 0. The van der Waals surface area contributed by atoms with Crippen molar-refractivity contribution in [2.24, 2.45) is 5.92 Å². The number of para-hydroxylation sites is 2. The molecule has 0 radical (unpaired) electrons. The Morgan fingerprint density at radius 3 is 2.52 bits per heavy atom. The number of fused-ring (bicyclic) bond motifs is 3. The van der Waals surface area contributed by atoms with Crippen LogP contribution in [0.25, 0.3) is 11.0 Å². The Kier molecular flexibility index (Phi) is 5.34. The van der Waals surface area contributed by atoms with Crippen LogP contribution in [-0.2, 0) is 14.3 Å². The zero-order chi connectivity index (χ0) is 20.4. The first-order valence-corrected chi connectivity index (χ1v) is 10.2. The smallest absolute Gasteiger partial charge is 0.321 e. The minimum atomic E-state index is -0.945. The molecule has 0 N–H and O–H groups in total. The first-order valence-electron chi connectivity index (χ1n) is 10.2. The second kappa shape index (κ2) is 8.07. The molecule has 150 valence electrons. The van der Waals surface area contributed by atoms with E-state index in [4.69, 9.17) is 9.72 Å². The average Bonchev–Trinajstić information content (AvgIpc) is 3.12. The van der Waals surface area contributed by atoms with Gasteiger partial charge in [-0.05, 0) is 31.0 Å². The number of esters is 1. The molecular formula is C23H25N3O3. The van der Waals surface area contributed by atoms with Crippen LogP contribution in [0, 0.1) is 5.92 Å². The molecule has 0 spiro atoms. The summed E-state index contributed by atoms with van der Waals surface area (Å²) in [5, 5.41) is 0. The van der Waals surface area contributed by atoms with Crippen LogP contribution < -0.4 is 4.90 Å². The van der Waals surface area contributed by atoms with Crippen LogP contribution in [0.1, 0.15) is 38.3 Å². The standard InChI is InChI=1S/C23H25N3O3/c1-3-5-15-25-21(27)19(22(28)29-4-2)20(16-11-7-6-8-12-16)26-18-14-10-9-13-17(18)24-23(25)26/h6-14,19-20H,3-5,15H2,1-2H3/t19-,20-/m1/s1. The van der Waals surface area contributed by atoms with Crippen molar-refractivity contribution >= 4 is 28.9 Å². The normalized spacial score (nSPS) is 18.7. The Hall–Kier alpha value is -3.15. The summed E-state index contributed by atoms with van der Waals surface area (Å²) in [5.41, 5.74) is 2.60. The Labute approximate surface area is 170 Å². The second-order valence-electron chi connectivity index (χ2n) is 7.20. The van der Waals surface area contributed by atoms with Gasteiger partial charge in [-0.1, -0.05) is 55.8 Å². The van der Waals surface area contributed by atoms with E-state index in [0.717, 1.165) is 29.4 Å². The van der Waals surface area contributed by atoms with Gasteiger partial charge in [0.25, 0.3) is 0 Å². The molecule has 0 unspecified atom stereocenters. The van der Waals surface area contributed by atoms with Gasteiger partial charge in [-0.25, -0.2) is 4.98 Å². The maximum absolute atomic E-state index is 13.5. The van der Waals surface area contributed by atoms with Gasteiger partial charge in [0.15, 0.2) is 5.92 Å². The summed E-state index contributed by atoms with van der Waals surface area (Å²) in [5.74, 6) is -1.08. The minimum Gasteiger partial charge on any atom is -0.465 e. The van der Waals surface area contributed by atoms with Crippen LogP contribution in [0.3, 0.4) is 0 Å². The Bertz CT molecular complexity index is 1030. The molecule has 1 amide bonds. The number of nitrogens with zero attached hydrogens (tertiary/aromatic N) is 3. The molecule has 1 aromatic heterocycles. The molecule has 2 atom stereocenters. The first kappa shape index (κ1) is 19.2. The van der Waals surface area contributed by atoms with E-state index in [0.29, 0.717) is 12.5 Å². The molecule has 4 rings (SSSR count). The van der Waals surface area contributed by atoms with E-state index in [-0.39, 0.29) is 12.5 Å². The molecule has 2 aromatic carbocycles. The van der Waals surface area contributed by atoms with E-state index in [9.17, 15) is 9.59 Å². The lowest BCUT2D eigenvalue weighted by atomic mass is 9.89. The van der Waals surface area contributed by atoms with Crippen molar-refractivity contribution in [3.05, 3.63) is 60.2 Å². The summed E-state index contributed by atoms with van der Waals surface area (Å²) >= 11 is 0. The van der Waals surface area contributed by atoms with E-state index in [2.05, 4.69) is 6.92 Å². The van der Waals surface area contributed by atoms with Gasteiger partial charge in [0.05, 0.1) is 23.7 Å². The third kappa shape index (κ3) is 3.28. The SMILES string of the molecule is CCCCN1C(=O)[C@H](C(=O)OCC)[C@@H](c2ccccc2)n2c1nc1ccccc12. The number of rotatable bonds is 6. The molecule has 0 saturated carbocycles. The van der Waals surface area contributed by atoms with Gasteiger partial charge < -0.3 is 9.30 Å². The molecule has 6 nitrogen and oxygen atoms in total. The fraction of sp³-hybridized carbons (Fsp3) is 0.348. The lowest BCUT2D eigenvalue weighted by Gasteiger charge is -2.38. The average molecular weight is 391 g/mol. The zero-order valence-electron chi connectivity index (χ0n) is 16.7. The predicted molar refractivity (Wildman–Crippen MR) is 112 cm³/mol. The minimum absolute atomic E-state index is 0.233. The molecule has 2 heterocycles. The number of carbonyl (C=O) groups excluding carboxylic acids is 2. The monoisotopic (exact) mass is 391 g/mol. The highest BCUT2D eigenvalue weighted by atomic mass is 16.5. The highest BCUT2D eigenvalue weighted by molar-refractivity contribution is 6.08. The van der Waals surface area contributed by atoms with Gasteiger partial charge >= 0.3 is 5.97 Å². The molecule has 29 heavy (non-hydrogen) atoms. The number of ether oxygens (including phenoxy) is 1. The van der Waals surface area contributed by atoms with Crippen molar-refractivity contribution in [2.75, 3.05) is 18.1 Å². The lowest BCUT2D eigenvalue weighted by molar-refractivity contribution is -0.153. The molecule has 1 aliphatic rings. The van der Waals surface area contributed by atoms with E-state index < -0.39 is 17.9 Å². The van der Waals surface area contributed by atoms with Gasteiger partial charge in [0.1, 0.15) is 0 Å². The van der Waals surface area contributed by atoms with Crippen molar-refractivity contribution in [1.29, 1.82) is 0 Å². The van der Waals surface area contributed by atoms with Crippen LogP contribution in [-0.4, -0.2) is 34.6 Å². The molecule has 6 heteroatoms. The topological polar surface area (TPSA) is 64.4 Å². The number of anilines is 1. The van der Waals surface area contributed by atoms with Crippen LogP contribution in [0.5, 0.6) is 0 Å². The van der Waals surface area contributed by atoms with E-state index in [1.807, 2.05) is 59.2 Å². The maximum atomic E-state index is 13.5. The molecule has 0 fully saturated rings. The quantitative estimate of drug-likeness (QED) is 0.471. The summed E-state index contributed by atoms with van der Waals surface area (Å²) in [4.78, 5) is 32.9. The van der Waals surface area contributed by atoms with Crippen LogP contribution in [0.2, 0.25) is 0 Å². The molecule has 0 bridgehead atoms. The number of carbonyl (C=O) groups is 2. The fourth-order valence-corrected chi connectivity index (χ4v) is 4.03. The number of imidazole rings is 1. The maximum Gasteiger partial charge on any atom is 0.321 e. The third-order valence-corrected chi connectivity index (χ3v) is 5.36. The Morgan fingerprint density at radius 2 is 1.79 bits per heavy atom. The van der Waals surface area contributed by atoms with E-state index in [1.54, 1.807) is 11.8 Å². The third-order valence-electron chi connectivity index (χ3n) is 5.36. The molecule has 0 saturated heterocycles.